The van der Waals surface area contributed by atoms with Gasteiger partial charge < -0.3 is 0 Å². The van der Waals surface area contributed by atoms with E-state index in [0.717, 1.165) is 0 Å². The number of nitro benzene ring substituents is 1. The van der Waals surface area contributed by atoms with Crippen molar-refractivity contribution in [1.29, 1.82) is 0 Å². The molecule has 0 fully saturated rings. The van der Waals surface area contributed by atoms with Crippen LogP contribution in [0.4, 0.5) is 5.69 Å². The SMILES string of the molecule is [O]CC(=O)c1ccc([N+](=O)[O-])cc1. The van der Waals surface area contributed by atoms with E-state index in [-0.39, 0.29) is 11.3 Å². The first-order valence-electron chi connectivity index (χ1n) is 3.51. The van der Waals surface area contributed by atoms with Crippen molar-refractivity contribution in [3.63, 3.8) is 0 Å². The third-order valence-electron chi connectivity index (χ3n) is 1.53. The molecule has 0 heterocycles. The van der Waals surface area contributed by atoms with Crippen LogP contribution in [0.5, 0.6) is 0 Å². The molecule has 1 rings (SSSR count). The predicted octanol–water partition coefficient (Wildman–Crippen LogP) is 1.21. The van der Waals surface area contributed by atoms with Crippen molar-refractivity contribution in [1.82, 2.24) is 0 Å². The number of carbonyl (C=O) groups is 1. The lowest BCUT2D eigenvalue weighted by Crippen LogP contribution is -2.02. The van der Waals surface area contributed by atoms with Crippen molar-refractivity contribution in [2.24, 2.45) is 0 Å². The lowest BCUT2D eigenvalue weighted by atomic mass is 10.1. The fraction of sp³-hybridized carbons (Fsp3) is 0.125. The largest absolute Gasteiger partial charge is 0.291 e. The summed E-state index contributed by atoms with van der Waals surface area (Å²) in [6.45, 7) is -0.836. The minimum atomic E-state index is -0.836. The van der Waals surface area contributed by atoms with E-state index >= 15 is 0 Å². The zero-order valence-corrected chi connectivity index (χ0v) is 6.60. The van der Waals surface area contributed by atoms with Crippen LogP contribution in [0.25, 0.3) is 0 Å². The maximum absolute atomic E-state index is 10.8. The van der Waals surface area contributed by atoms with Crippen LogP contribution in [-0.2, 0) is 5.11 Å². The molecular weight excluding hydrogens is 174 g/mol. The zero-order valence-electron chi connectivity index (χ0n) is 6.60. The number of hydrogen-bond donors (Lipinski definition) is 0. The Morgan fingerprint density at radius 1 is 1.31 bits per heavy atom. The number of nitro groups is 1. The number of non-ortho nitro benzene ring substituents is 1. The van der Waals surface area contributed by atoms with Gasteiger partial charge in [-0.3, -0.25) is 14.9 Å². The zero-order chi connectivity index (χ0) is 9.84. The van der Waals surface area contributed by atoms with Gasteiger partial charge in [-0.15, -0.1) is 0 Å². The van der Waals surface area contributed by atoms with Gasteiger partial charge >= 0.3 is 0 Å². The van der Waals surface area contributed by atoms with Crippen molar-refractivity contribution in [3.05, 3.63) is 39.9 Å². The molecule has 0 aliphatic rings. The third-order valence-corrected chi connectivity index (χ3v) is 1.53. The maximum atomic E-state index is 10.8. The minimum absolute atomic E-state index is 0.0950. The number of benzene rings is 1. The van der Waals surface area contributed by atoms with Crippen LogP contribution < -0.4 is 0 Å². The number of nitrogens with zero attached hydrogens (tertiary/aromatic N) is 1. The third kappa shape index (κ3) is 2.09. The summed E-state index contributed by atoms with van der Waals surface area (Å²) in [7, 11) is 0. The molecule has 1 radical (unpaired) electrons. The van der Waals surface area contributed by atoms with Gasteiger partial charge in [0.1, 0.15) is 6.61 Å². The van der Waals surface area contributed by atoms with Crippen molar-refractivity contribution in [3.8, 4) is 0 Å². The van der Waals surface area contributed by atoms with Gasteiger partial charge in [-0.2, -0.15) is 0 Å². The van der Waals surface area contributed by atoms with Crippen LogP contribution in [0.1, 0.15) is 10.4 Å². The standard InChI is InChI=1S/C8H6NO4/c10-5-8(11)6-1-3-7(4-2-6)9(12)13/h1-4H,5H2. The first-order valence-corrected chi connectivity index (χ1v) is 3.51. The average Bonchev–Trinajstić information content (AvgIpc) is 2.17. The van der Waals surface area contributed by atoms with Crippen LogP contribution in [0, 0.1) is 10.1 Å². The maximum Gasteiger partial charge on any atom is 0.269 e. The lowest BCUT2D eigenvalue weighted by molar-refractivity contribution is -0.384. The molecule has 1 aromatic rings. The second-order valence-corrected chi connectivity index (χ2v) is 2.37. The van der Waals surface area contributed by atoms with E-state index in [4.69, 9.17) is 0 Å². The summed E-state index contributed by atoms with van der Waals surface area (Å²) in [6, 6.07) is 4.95. The van der Waals surface area contributed by atoms with Crippen LogP contribution >= 0.6 is 0 Å². The second kappa shape index (κ2) is 3.77. The molecular formula is C8H6NO4. The molecule has 0 saturated heterocycles. The Morgan fingerprint density at radius 3 is 2.23 bits per heavy atom. The molecule has 13 heavy (non-hydrogen) atoms. The smallest absolute Gasteiger partial charge is 0.269 e. The number of Topliss-reactive ketones (excluding diaryl/α,β-unsaturated/α-hetero) is 1. The normalized spacial score (nSPS) is 9.62. The topological polar surface area (TPSA) is 80.1 Å². The molecule has 0 atom stereocenters. The van der Waals surface area contributed by atoms with E-state index in [2.05, 4.69) is 0 Å². The molecule has 0 amide bonds. The number of ketones is 1. The fourth-order valence-corrected chi connectivity index (χ4v) is 0.852. The molecule has 0 aliphatic heterocycles. The molecule has 0 saturated carbocycles. The predicted molar refractivity (Wildman–Crippen MR) is 43.0 cm³/mol. The molecule has 0 N–H and O–H groups in total. The molecule has 0 aromatic heterocycles. The molecule has 67 valence electrons. The number of rotatable bonds is 3. The van der Waals surface area contributed by atoms with Gasteiger partial charge in [0.2, 0.25) is 0 Å². The van der Waals surface area contributed by atoms with Gasteiger partial charge in [-0.05, 0) is 12.1 Å². The van der Waals surface area contributed by atoms with E-state index in [9.17, 15) is 20.0 Å². The van der Waals surface area contributed by atoms with Crippen molar-refractivity contribution in [2.75, 3.05) is 6.61 Å². The summed E-state index contributed by atoms with van der Waals surface area (Å²) in [5.41, 5.74) is 0.114. The van der Waals surface area contributed by atoms with Crippen LogP contribution in [0.15, 0.2) is 24.3 Å². The van der Waals surface area contributed by atoms with Crippen LogP contribution in [-0.4, -0.2) is 17.3 Å². The van der Waals surface area contributed by atoms with Crippen molar-refractivity contribution >= 4 is 11.5 Å². The van der Waals surface area contributed by atoms with Gasteiger partial charge in [0.25, 0.3) is 5.69 Å². The first kappa shape index (κ1) is 9.34. The summed E-state index contributed by atoms with van der Waals surface area (Å²) in [5.74, 6) is -0.560. The second-order valence-electron chi connectivity index (χ2n) is 2.37. The quantitative estimate of drug-likeness (QED) is 0.398. The first-order chi connectivity index (χ1) is 6.15. The van der Waals surface area contributed by atoms with Crippen molar-refractivity contribution in [2.45, 2.75) is 0 Å². The number of carbonyl (C=O) groups excluding carboxylic acids is 1. The summed E-state index contributed by atoms with van der Waals surface area (Å²) < 4.78 is 0. The monoisotopic (exact) mass is 180 g/mol. The van der Waals surface area contributed by atoms with E-state index in [1.54, 1.807) is 0 Å². The molecule has 0 bridgehead atoms. The molecule has 0 unspecified atom stereocenters. The highest BCUT2D eigenvalue weighted by molar-refractivity contribution is 5.96. The van der Waals surface area contributed by atoms with Gasteiger partial charge in [0, 0.05) is 17.7 Å². The molecule has 5 nitrogen and oxygen atoms in total. The molecule has 0 aliphatic carbocycles. The fourth-order valence-electron chi connectivity index (χ4n) is 0.852. The highest BCUT2D eigenvalue weighted by Gasteiger charge is 2.08. The van der Waals surface area contributed by atoms with E-state index < -0.39 is 17.3 Å². The van der Waals surface area contributed by atoms with E-state index in [1.165, 1.54) is 24.3 Å². The van der Waals surface area contributed by atoms with Crippen molar-refractivity contribution < 1.29 is 14.8 Å². The van der Waals surface area contributed by atoms with Gasteiger partial charge in [0.05, 0.1) is 4.92 Å². The Bertz CT molecular complexity index is 331. The Morgan fingerprint density at radius 2 is 1.85 bits per heavy atom. The molecule has 1 aromatic carbocycles. The van der Waals surface area contributed by atoms with Crippen LogP contribution in [0.3, 0.4) is 0 Å². The Hall–Kier alpha value is -1.75. The average molecular weight is 180 g/mol. The Labute approximate surface area is 73.8 Å². The summed E-state index contributed by atoms with van der Waals surface area (Å²) in [6.07, 6.45) is 0. The lowest BCUT2D eigenvalue weighted by Gasteiger charge is -1.94. The summed E-state index contributed by atoms with van der Waals surface area (Å²) >= 11 is 0. The summed E-state index contributed by atoms with van der Waals surface area (Å²) in [4.78, 5) is 20.5. The Balaban J connectivity index is 2.93. The van der Waals surface area contributed by atoms with Gasteiger partial charge in [-0.1, -0.05) is 0 Å². The van der Waals surface area contributed by atoms with Gasteiger partial charge in [0.15, 0.2) is 5.78 Å². The Kier molecular flexibility index (Phi) is 2.71. The highest BCUT2D eigenvalue weighted by Crippen LogP contribution is 2.11. The number of hydrogen-bond acceptors (Lipinski definition) is 3. The summed E-state index contributed by atoms with van der Waals surface area (Å²) in [5, 5.41) is 20.4. The van der Waals surface area contributed by atoms with E-state index in [1.807, 2.05) is 0 Å². The highest BCUT2D eigenvalue weighted by atomic mass is 16.6. The van der Waals surface area contributed by atoms with E-state index in [0.29, 0.717) is 0 Å². The minimum Gasteiger partial charge on any atom is -0.291 e. The van der Waals surface area contributed by atoms with Gasteiger partial charge in [-0.25, -0.2) is 5.11 Å². The molecule has 5 heteroatoms. The molecule has 0 spiro atoms. The van der Waals surface area contributed by atoms with Crippen LogP contribution in [0.2, 0.25) is 0 Å².